The molecule has 0 aliphatic carbocycles. The number of amides is 1. The molecule has 1 N–H and O–H groups in total. The Hall–Kier alpha value is -2.28. The summed E-state index contributed by atoms with van der Waals surface area (Å²) in [5, 5.41) is 2.76. The molecular formula is C17H20N2O4S. The number of carbonyl (C=O) groups excluding carboxylic acids is 1. The van der Waals surface area contributed by atoms with Crippen molar-refractivity contribution >= 4 is 27.1 Å². The average Bonchev–Trinajstić information content (AvgIpc) is 3.19. The second-order valence-electron chi connectivity index (χ2n) is 5.82. The lowest BCUT2D eigenvalue weighted by molar-refractivity contribution is 0.0996. The van der Waals surface area contributed by atoms with Gasteiger partial charge >= 0.3 is 0 Å². The van der Waals surface area contributed by atoms with E-state index in [9.17, 15) is 13.2 Å². The van der Waals surface area contributed by atoms with Crippen LogP contribution in [0.15, 0.2) is 47.1 Å². The Labute approximate surface area is 141 Å². The van der Waals surface area contributed by atoms with Crippen LogP contribution in [0.4, 0.5) is 11.4 Å². The number of nitrogens with one attached hydrogen (secondary N) is 1. The molecule has 0 saturated carbocycles. The third-order valence-corrected chi connectivity index (χ3v) is 5.94. The van der Waals surface area contributed by atoms with Crippen LogP contribution < -0.4 is 10.2 Å². The van der Waals surface area contributed by atoms with Gasteiger partial charge < -0.3 is 14.6 Å². The minimum atomic E-state index is -2.92. The Balaban J connectivity index is 1.70. The summed E-state index contributed by atoms with van der Waals surface area (Å²) in [5.74, 6) is 0.413. The first-order chi connectivity index (χ1) is 11.5. The molecule has 1 aromatic carbocycles. The molecule has 2 aromatic rings. The Morgan fingerprint density at radius 1 is 1.29 bits per heavy atom. The van der Waals surface area contributed by atoms with Crippen LogP contribution in [0, 0.1) is 0 Å². The highest BCUT2D eigenvalue weighted by Gasteiger charge is 2.31. The maximum absolute atomic E-state index is 11.9. The fourth-order valence-corrected chi connectivity index (χ4v) is 4.74. The first-order valence-corrected chi connectivity index (χ1v) is 9.72. The summed E-state index contributed by atoms with van der Waals surface area (Å²) in [6.45, 7) is 2.75. The highest BCUT2D eigenvalue weighted by Crippen LogP contribution is 2.25. The fourth-order valence-electron chi connectivity index (χ4n) is 3.01. The molecule has 1 fully saturated rings. The standard InChI is InChI=1S/C17H20N2O4S/c1-2-19(15-9-11-24(21,22)12-15)14-7-5-13(6-8-14)18-17(20)16-4-3-10-23-16/h3-8,10,15H,2,9,11-12H2,1H3,(H,18,20). The molecule has 1 aromatic heterocycles. The SMILES string of the molecule is CCN(c1ccc(NC(=O)c2ccco2)cc1)C1CCS(=O)(=O)C1. The predicted molar refractivity (Wildman–Crippen MR) is 93.2 cm³/mol. The zero-order valence-electron chi connectivity index (χ0n) is 13.4. The van der Waals surface area contributed by atoms with Crippen molar-refractivity contribution in [2.45, 2.75) is 19.4 Å². The first kappa shape index (κ1) is 16.6. The van der Waals surface area contributed by atoms with Crippen molar-refractivity contribution in [1.29, 1.82) is 0 Å². The molecule has 24 heavy (non-hydrogen) atoms. The van der Waals surface area contributed by atoms with Crippen LogP contribution in [0.25, 0.3) is 0 Å². The second-order valence-corrected chi connectivity index (χ2v) is 8.05. The van der Waals surface area contributed by atoms with E-state index in [2.05, 4.69) is 10.2 Å². The van der Waals surface area contributed by atoms with Gasteiger partial charge in [-0.2, -0.15) is 0 Å². The minimum Gasteiger partial charge on any atom is -0.459 e. The minimum absolute atomic E-state index is 0.0172. The Morgan fingerprint density at radius 3 is 2.58 bits per heavy atom. The zero-order chi connectivity index (χ0) is 17.2. The van der Waals surface area contributed by atoms with Crippen LogP contribution >= 0.6 is 0 Å². The van der Waals surface area contributed by atoms with Crippen molar-refractivity contribution in [3.8, 4) is 0 Å². The molecule has 1 unspecified atom stereocenters. The van der Waals surface area contributed by atoms with Crippen molar-refractivity contribution in [2.24, 2.45) is 0 Å². The normalized spacial score (nSPS) is 19.1. The molecule has 7 heteroatoms. The molecule has 2 heterocycles. The van der Waals surface area contributed by atoms with Crippen molar-refractivity contribution < 1.29 is 17.6 Å². The molecular weight excluding hydrogens is 328 g/mol. The van der Waals surface area contributed by atoms with Crippen molar-refractivity contribution in [3.63, 3.8) is 0 Å². The number of benzene rings is 1. The second kappa shape index (κ2) is 6.68. The van der Waals surface area contributed by atoms with Crippen molar-refractivity contribution in [1.82, 2.24) is 0 Å². The van der Waals surface area contributed by atoms with Crippen LogP contribution in [0.2, 0.25) is 0 Å². The van der Waals surface area contributed by atoms with Crippen molar-refractivity contribution in [2.75, 3.05) is 28.3 Å². The Bertz CT molecular complexity index is 798. The van der Waals surface area contributed by atoms with Gasteiger partial charge in [-0.05, 0) is 49.7 Å². The molecule has 1 atom stereocenters. The van der Waals surface area contributed by atoms with E-state index in [4.69, 9.17) is 4.42 Å². The van der Waals surface area contributed by atoms with E-state index < -0.39 is 9.84 Å². The van der Waals surface area contributed by atoms with Gasteiger partial charge in [0.2, 0.25) is 0 Å². The number of nitrogens with zero attached hydrogens (tertiary/aromatic N) is 1. The van der Waals surface area contributed by atoms with Gasteiger partial charge in [0.05, 0.1) is 17.8 Å². The number of hydrogen-bond donors (Lipinski definition) is 1. The highest BCUT2D eigenvalue weighted by molar-refractivity contribution is 7.91. The summed E-state index contributed by atoms with van der Waals surface area (Å²) in [6, 6.07) is 10.7. The lowest BCUT2D eigenvalue weighted by Gasteiger charge is -2.29. The third kappa shape index (κ3) is 3.62. The largest absolute Gasteiger partial charge is 0.459 e. The van der Waals surface area contributed by atoms with Gasteiger partial charge in [-0.15, -0.1) is 0 Å². The number of hydrogen-bond acceptors (Lipinski definition) is 5. The summed E-state index contributed by atoms with van der Waals surface area (Å²) in [5.41, 5.74) is 1.62. The topological polar surface area (TPSA) is 79.6 Å². The number of furan rings is 1. The van der Waals surface area contributed by atoms with Crippen LogP contribution in [0.1, 0.15) is 23.9 Å². The lowest BCUT2D eigenvalue weighted by atomic mass is 10.1. The summed E-state index contributed by atoms with van der Waals surface area (Å²) in [7, 11) is -2.92. The molecule has 0 radical (unpaired) electrons. The summed E-state index contributed by atoms with van der Waals surface area (Å²) in [6.07, 6.45) is 2.11. The van der Waals surface area contributed by atoms with Gasteiger partial charge in [0, 0.05) is 24.0 Å². The number of rotatable bonds is 5. The maximum atomic E-state index is 11.9. The number of sulfone groups is 1. The van der Waals surface area contributed by atoms with Gasteiger partial charge in [-0.25, -0.2) is 8.42 Å². The van der Waals surface area contributed by atoms with Gasteiger partial charge in [0.1, 0.15) is 0 Å². The molecule has 0 spiro atoms. The smallest absolute Gasteiger partial charge is 0.291 e. The fraction of sp³-hybridized carbons (Fsp3) is 0.353. The maximum Gasteiger partial charge on any atom is 0.291 e. The molecule has 128 valence electrons. The first-order valence-electron chi connectivity index (χ1n) is 7.90. The predicted octanol–water partition coefficient (Wildman–Crippen LogP) is 2.55. The molecule has 1 aliphatic heterocycles. The molecule has 6 nitrogen and oxygen atoms in total. The number of carbonyl (C=O) groups is 1. The Morgan fingerprint density at radius 2 is 2.04 bits per heavy atom. The van der Waals surface area contributed by atoms with Crippen LogP contribution in [-0.2, 0) is 9.84 Å². The summed E-state index contributed by atoms with van der Waals surface area (Å²) in [4.78, 5) is 14.0. The van der Waals surface area contributed by atoms with E-state index in [-0.39, 0.29) is 29.2 Å². The van der Waals surface area contributed by atoms with E-state index >= 15 is 0 Å². The van der Waals surface area contributed by atoms with E-state index in [0.717, 1.165) is 12.2 Å². The third-order valence-electron chi connectivity index (χ3n) is 4.19. The molecule has 1 aliphatic rings. The Kier molecular flexibility index (Phi) is 4.62. The van der Waals surface area contributed by atoms with E-state index in [1.807, 2.05) is 31.2 Å². The average molecular weight is 348 g/mol. The molecule has 3 rings (SSSR count). The van der Waals surface area contributed by atoms with Crippen LogP contribution in [0.5, 0.6) is 0 Å². The summed E-state index contributed by atoms with van der Waals surface area (Å²) >= 11 is 0. The van der Waals surface area contributed by atoms with Crippen LogP contribution in [-0.4, -0.2) is 38.4 Å². The quantitative estimate of drug-likeness (QED) is 0.898. The van der Waals surface area contributed by atoms with Gasteiger partial charge in [0.25, 0.3) is 5.91 Å². The zero-order valence-corrected chi connectivity index (χ0v) is 14.3. The van der Waals surface area contributed by atoms with Gasteiger partial charge in [-0.3, -0.25) is 4.79 Å². The molecule has 1 saturated heterocycles. The molecule has 1 amide bonds. The summed E-state index contributed by atoms with van der Waals surface area (Å²) < 4.78 is 28.5. The highest BCUT2D eigenvalue weighted by atomic mass is 32.2. The van der Waals surface area contributed by atoms with E-state index in [1.165, 1.54) is 6.26 Å². The van der Waals surface area contributed by atoms with Crippen molar-refractivity contribution in [3.05, 3.63) is 48.4 Å². The number of anilines is 2. The van der Waals surface area contributed by atoms with Gasteiger partial charge in [-0.1, -0.05) is 0 Å². The van der Waals surface area contributed by atoms with Crippen LogP contribution in [0.3, 0.4) is 0 Å². The molecule has 0 bridgehead atoms. The van der Waals surface area contributed by atoms with E-state index in [1.54, 1.807) is 12.1 Å². The lowest BCUT2D eigenvalue weighted by Crippen LogP contribution is -2.36. The van der Waals surface area contributed by atoms with E-state index in [0.29, 0.717) is 12.1 Å². The van der Waals surface area contributed by atoms with Gasteiger partial charge in [0.15, 0.2) is 15.6 Å². The monoisotopic (exact) mass is 348 g/mol.